The van der Waals surface area contributed by atoms with E-state index in [4.69, 9.17) is 5.11 Å². The molecule has 2 aromatic rings. The van der Waals surface area contributed by atoms with Gasteiger partial charge in [-0.1, -0.05) is 13.8 Å². The fourth-order valence-corrected chi connectivity index (χ4v) is 2.03. The van der Waals surface area contributed by atoms with E-state index < -0.39 is 5.97 Å². The number of anilines is 1. The Balaban J connectivity index is 2.16. The van der Waals surface area contributed by atoms with Gasteiger partial charge in [-0.2, -0.15) is 0 Å². The lowest BCUT2D eigenvalue weighted by Crippen LogP contribution is -2.16. The molecule has 0 spiro atoms. The van der Waals surface area contributed by atoms with Gasteiger partial charge < -0.3 is 10.4 Å². The van der Waals surface area contributed by atoms with E-state index in [1.165, 1.54) is 30.5 Å². The Labute approximate surface area is 128 Å². The number of aromatic carboxylic acids is 1. The Kier molecular flexibility index (Phi) is 4.83. The first-order valence-electron chi connectivity index (χ1n) is 7.04. The van der Waals surface area contributed by atoms with Gasteiger partial charge in [-0.3, -0.25) is 9.78 Å². The second kappa shape index (κ2) is 6.80. The number of aryl methyl sites for hydroxylation is 2. The zero-order chi connectivity index (χ0) is 16.1. The molecule has 0 radical (unpaired) electrons. The Morgan fingerprint density at radius 1 is 1.09 bits per heavy atom. The molecule has 0 fully saturated rings. The number of nitrogens with one attached hydrogen (secondary N) is 1. The minimum Gasteiger partial charge on any atom is -0.478 e. The minimum atomic E-state index is -1.01. The Morgan fingerprint density at radius 3 is 2.27 bits per heavy atom. The predicted molar refractivity (Wildman–Crippen MR) is 82.1 cm³/mol. The number of carboxylic acids is 1. The molecule has 0 unspecified atom stereocenters. The van der Waals surface area contributed by atoms with Crippen LogP contribution in [0.4, 0.5) is 5.69 Å². The van der Waals surface area contributed by atoms with Crippen molar-refractivity contribution < 1.29 is 14.7 Å². The largest absolute Gasteiger partial charge is 0.478 e. The van der Waals surface area contributed by atoms with Gasteiger partial charge in [0.15, 0.2) is 0 Å². The van der Waals surface area contributed by atoms with Gasteiger partial charge in [-0.15, -0.1) is 0 Å². The molecule has 0 bridgehead atoms. The number of hydrogen-bond acceptors (Lipinski definition) is 4. The quantitative estimate of drug-likeness (QED) is 0.885. The molecular weight excluding hydrogens is 282 g/mol. The molecule has 0 saturated carbocycles. The third-order valence-corrected chi connectivity index (χ3v) is 3.22. The molecular formula is C16H17N3O3. The number of amides is 1. The number of benzene rings is 1. The Hall–Kier alpha value is -2.76. The molecule has 6 nitrogen and oxygen atoms in total. The van der Waals surface area contributed by atoms with Crippen LogP contribution in [0.15, 0.2) is 30.5 Å². The van der Waals surface area contributed by atoms with E-state index in [9.17, 15) is 9.59 Å². The van der Waals surface area contributed by atoms with E-state index in [-0.39, 0.29) is 17.2 Å². The molecule has 6 heteroatoms. The van der Waals surface area contributed by atoms with Gasteiger partial charge in [-0.05, 0) is 37.1 Å². The summed E-state index contributed by atoms with van der Waals surface area (Å²) < 4.78 is 0. The highest BCUT2D eigenvalue weighted by molar-refractivity contribution is 6.02. The smallest absolute Gasteiger partial charge is 0.335 e. The number of carboxylic acid groups (broad SMARTS) is 1. The van der Waals surface area contributed by atoms with Gasteiger partial charge in [0.2, 0.25) is 0 Å². The first kappa shape index (κ1) is 15.6. The van der Waals surface area contributed by atoms with E-state index >= 15 is 0 Å². The number of carbonyl (C=O) groups is 2. The maximum absolute atomic E-state index is 12.2. The summed E-state index contributed by atoms with van der Waals surface area (Å²) in [6.45, 7) is 3.96. The van der Waals surface area contributed by atoms with Crippen LogP contribution in [0.1, 0.15) is 46.1 Å². The van der Waals surface area contributed by atoms with Crippen molar-refractivity contribution in [3.8, 4) is 0 Å². The molecule has 0 aliphatic carbocycles. The lowest BCUT2D eigenvalue weighted by atomic mass is 10.2. The van der Waals surface area contributed by atoms with Crippen molar-refractivity contribution in [2.24, 2.45) is 0 Å². The Bertz CT molecular complexity index is 696. The second-order valence-corrected chi connectivity index (χ2v) is 4.69. The highest BCUT2D eigenvalue weighted by atomic mass is 16.4. The molecule has 0 saturated heterocycles. The topological polar surface area (TPSA) is 92.2 Å². The summed E-state index contributed by atoms with van der Waals surface area (Å²) in [7, 11) is 0. The van der Waals surface area contributed by atoms with E-state index in [0.29, 0.717) is 12.1 Å². The molecule has 0 atom stereocenters. The normalized spacial score (nSPS) is 10.3. The van der Waals surface area contributed by atoms with Gasteiger partial charge in [0.25, 0.3) is 5.91 Å². The number of carbonyl (C=O) groups excluding carboxylic acids is 1. The molecule has 114 valence electrons. The van der Waals surface area contributed by atoms with Crippen molar-refractivity contribution in [2.75, 3.05) is 5.32 Å². The molecule has 2 rings (SSSR count). The fraction of sp³-hybridized carbons (Fsp3) is 0.250. The first-order valence-corrected chi connectivity index (χ1v) is 7.04. The van der Waals surface area contributed by atoms with Crippen LogP contribution in [0.2, 0.25) is 0 Å². The summed E-state index contributed by atoms with van der Waals surface area (Å²) >= 11 is 0. The lowest BCUT2D eigenvalue weighted by molar-refractivity contribution is 0.0696. The summed E-state index contributed by atoms with van der Waals surface area (Å²) in [6.07, 6.45) is 2.94. The summed E-state index contributed by atoms with van der Waals surface area (Å²) in [5.41, 5.74) is 2.63. The van der Waals surface area contributed by atoms with Crippen LogP contribution >= 0.6 is 0 Å². The maximum Gasteiger partial charge on any atom is 0.335 e. The molecule has 2 N–H and O–H groups in total. The molecule has 1 amide bonds. The average molecular weight is 299 g/mol. The Morgan fingerprint density at radius 2 is 1.73 bits per heavy atom. The highest BCUT2D eigenvalue weighted by Gasteiger charge is 2.12. The van der Waals surface area contributed by atoms with Crippen molar-refractivity contribution in [2.45, 2.75) is 26.7 Å². The molecule has 1 aromatic heterocycles. The van der Waals surface area contributed by atoms with Gasteiger partial charge >= 0.3 is 5.97 Å². The van der Waals surface area contributed by atoms with Crippen LogP contribution < -0.4 is 5.32 Å². The molecule has 1 aromatic carbocycles. The standard InChI is InChI=1S/C16H17N3O3/c1-3-12-13(4-2)19-14(9-17-12)15(20)18-11-7-5-10(6-8-11)16(21)22/h5-9H,3-4H2,1-2H3,(H,18,20)(H,21,22). The van der Waals surface area contributed by atoms with Crippen LogP contribution in [0.5, 0.6) is 0 Å². The fourth-order valence-electron chi connectivity index (χ4n) is 2.03. The molecule has 22 heavy (non-hydrogen) atoms. The predicted octanol–water partition coefficient (Wildman–Crippen LogP) is 2.55. The van der Waals surface area contributed by atoms with Crippen molar-refractivity contribution in [1.29, 1.82) is 0 Å². The van der Waals surface area contributed by atoms with E-state index in [1.54, 1.807) is 0 Å². The monoisotopic (exact) mass is 299 g/mol. The minimum absolute atomic E-state index is 0.165. The van der Waals surface area contributed by atoms with E-state index in [1.807, 2.05) is 13.8 Å². The van der Waals surface area contributed by atoms with Crippen LogP contribution in [0.25, 0.3) is 0 Å². The van der Waals surface area contributed by atoms with E-state index in [0.717, 1.165) is 17.8 Å². The number of hydrogen-bond donors (Lipinski definition) is 2. The van der Waals surface area contributed by atoms with Crippen molar-refractivity contribution in [1.82, 2.24) is 9.97 Å². The van der Waals surface area contributed by atoms with Crippen LogP contribution in [0.3, 0.4) is 0 Å². The van der Waals surface area contributed by atoms with Crippen LogP contribution in [-0.4, -0.2) is 27.0 Å². The number of rotatable bonds is 5. The zero-order valence-electron chi connectivity index (χ0n) is 12.5. The lowest BCUT2D eigenvalue weighted by Gasteiger charge is -2.08. The maximum atomic E-state index is 12.2. The molecule has 1 heterocycles. The van der Waals surface area contributed by atoms with E-state index in [2.05, 4.69) is 15.3 Å². The van der Waals surface area contributed by atoms with Crippen LogP contribution in [0, 0.1) is 0 Å². The third-order valence-electron chi connectivity index (χ3n) is 3.22. The first-order chi connectivity index (χ1) is 10.5. The van der Waals surface area contributed by atoms with Crippen molar-refractivity contribution in [3.63, 3.8) is 0 Å². The van der Waals surface area contributed by atoms with Crippen molar-refractivity contribution >= 4 is 17.6 Å². The van der Waals surface area contributed by atoms with Gasteiger partial charge in [-0.25, -0.2) is 9.78 Å². The summed E-state index contributed by atoms with van der Waals surface area (Å²) in [4.78, 5) is 31.6. The van der Waals surface area contributed by atoms with Gasteiger partial charge in [0.05, 0.1) is 23.1 Å². The third kappa shape index (κ3) is 3.46. The van der Waals surface area contributed by atoms with Crippen molar-refractivity contribution in [3.05, 3.63) is 53.1 Å². The zero-order valence-corrected chi connectivity index (χ0v) is 12.5. The van der Waals surface area contributed by atoms with Crippen LogP contribution in [-0.2, 0) is 12.8 Å². The van der Waals surface area contributed by atoms with Gasteiger partial charge in [0.1, 0.15) is 5.69 Å². The molecule has 0 aliphatic rings. The molecule has 0 aliphatic heterocycles. The number of aromatic nitrogens is 2. The highest BCUT2D eigenvalue weighted by Crippen LogP contribution is 2.12. The number of nitrogens with zero attached hydrogens (tertiary/aromatic N) is 2. The second-order valence-electron chi connectivity index (χ2n) is 4.69. The SMILES string of the molecule is CCc1ncc(C(=O)Nc2ccc(C(=O)O)cc2)nc1CC. The summed E-state index contributed by atoms with van der Waals surface area (Å²) in [5.74, 6) is -1.38. The average Bonchev–Trinajstić information content (AvgIpc) is 2.54. The summed E-state index contributed by atoms with van der Waals surface area (Å²) in [5, 5.41) is 11.5. The van der Waals surface area contributed by atoms with Gasteiger partial charge in [0, 0.05) is 5.69 Å². The summed E-state index contributed by atoms with van der Waals surface area (Å²) in [6, 6.07) is 5.94.